The molecule has 1 saturated heterocycles. The van der Waals surface area contributed by atoms with Crippen LogP contribution < -0.4 is 5.73 Å². The minimum absolute atomic E-state index is 0.170. The highest BCUT2D eigenvalue weighted by molar-refractivity contribution is 5.78. The fourth-order valence-corrected chi connectivity index (χ4v) is 2.24. The molecule has 88 valence electrons. The lowest BCUT2D eigenvalue weighted by Gasteiger charge is -2.37. The fourth-order valence-electron chi connectivity index (χ4n) is 2.24. The van der Waals surface area contributed by atoms with E-state index in [2.05, 4.69) is 11.8 Å². The Morgan fingerprint density at radius 2 is 2.27 bits per heavy atom. The van der Waals surface area contributed by atoms with Gasteiger partial charge in [0.1, 0.15) is 0 Å². The molecule has 1 aliphatic rings. The Labute approximate surface area is 93.0 Å². The summed E-state index contributed by atoms with van der Waals surface area (Å²) in [5.74, 6) is 0.499. The van der Waals surface area contributed by atoms with Gasteiger partial charge in [-0.2, -0.15) is 0 Å². The van der Waals surface area contributed by atoms with E-state index in [-0.39, 0.29) is 5.92 Å². The van der Waals surface area contributed by atoms with Crippen LogP contribution in [-0.4, -0.2) is 29.9 Å². The third-order valence-corrected chi connectivity index (χ3v) is 3.44. The van der Waals surface area contributed by atoms with Gasteiger partial charge in [-0.05, 0) is 38.6 Å². The quantitative estimate of drug-likeness (QED) is 0.772. The van der Waals surface area contributed by atoms with Gasteiger partial charge in [0.2, 0.25) is 5.91 Å². The summed E-state index contributed by atoms with van der Waals surface area (Å²) in [5, 5.41) is 0. The lowest BCUT2D eigenvalue weighted by molar-refractivity contribution is -0.138. The maximum Gasteiger partial charge on any atom is 0.225 e. The van der Waals surface area contributed by atoms with Gasteiger partial charge in [0.15, 0.2) is 0 Å². The molecule has 2 atom stereocenters. The molecule has 1 fully saturated rings. The zero-order valence-electron chi connectivity index (χ0n) is 10.0. The number of carbonyl (C=O) groups is 1. The van der Waals surface area contributed by atoms with Crippen molar-refractivity contribution < 1.29 is 4.79 Å². The molecule has 3 nitrogen and oxygen atoms in total. The number of rotatable bonds is 4. The molecular weight excluding hydrogens is 188 g/mol. The molecule has 0 aromatic rings. The van der Waals surface area contributed by atoms with Crippen molar-refractivity contribution in [2.24, 2.45) is 11.7 Å². The molecule has 0 spiro atoms. The Bertz CT molecular complexity index is 204. The van der Waals surface area contributed by atoms with Crippen LogP contribution in [0.25, 0.3) is 0 Å². The highest BCUT2D eigenvalue weighted by Crippen LogP contribution is 2.22. The summed E-state index contributed by atoms with van der Waals surface area (Å²) in [4.78, 5) is 14.2. The second-order valence-electron chi connectivity index (χ2n) is 4.57. The molecule has 0 saturated carbocycles. The topological polar surface area (TPSA) is 46.3 Å². The first-order valence-electron chi connectivity index (χ1n) is 6.21. The van der Waals surface area contributed by atoms with E-state index in [1.807, 2.05) is 6.92 Å². The number of hydrogen-bond acceptors (Lipinski definition) is 2. The van der Waals surface area contributed by atoms with Crippen molar-refractivity contribution in [3.8, 4) is 0 Å². The van der Waals surface area contributed by atoms with Gasteiger partial charge in [0.05, 0.1) is 0 Å². The van der Waals surface area contributed by atoms with Crippen molar-refractivity contribution in [2.45, 2.75) is 52.0 Å². The first-order valence-corrected chi connectivity index (χ1v) is 6.21. The molecule has 2 unspecified atom stereocenters. The Morgan fingerprint density at radius 3 is 2.87 bits per heavy atom. The van der Waals surface area contributed by atoms with Gasteiger partial charge in [-0.1, -0.05) is 13.8 Å². The lowest BCUT2D eigenvalue weighted by Crippen LogP contribution is -2.46. The van der Waals surface area contributed by atoms with Gasteiger partial charge in [0.25, 0.3) is 0 Å². The standard InChI is InChI=1S/C12H24N2O/c1-3-10(2)12(15)14-9-5-4-6-11(14)7-8-13/h10-11H,3-9,13H2,1-2H3. The molecular formula is C12H24N2O. The molecule has 2 N–H and O–H groups in total. The van der Waals surface area contributed by atoms with E-state index < -0.39 is 0 Å². The summed E-state index contributed by atoms with van der Waals surface area (Å²) in [6.07, 6.45) is 5.43. The van der Waals surface area contributed by atoms with Gasteiger partial charge in [-0.15, -0.1) is 0 Å². The predicted octanol–water partition coefficient (Wildman–Crippen LogP) is 1.76. The van der Waals surface area contributed by atoms with Crippen molar-refractivity contribution in [3.05, 3.63) is 0 Å². The molecule has 1 aliphatic heterocycles. The van der Waals surface area contributed by atoms with E-state index in [0.717, 1.165) is 32.2 Å². The van der Waals surface area contributed by atoms with Crippen LogP contribution >= 0.6 is 0 Å². The highest BCUT2D eigenvalue weighted by atomic mass is 16.2. The summed E-state index contributed by atoms with van der Waals surface area (Å²) in [6.45, 7) is 5.73. The van der Waals surface area contributed by atoms with Crippen molar-refractivity contribution in [1.82, 2.24) is 4.90 Å². The number of carbonyl (C=O) groups excluding carboxylic acids is 1. The maximum atomic E-state index is 12.1. The highest BCUT2D eigenvalue weighted by Gasteiger charge is 2.28. The van der Waals surface area contributed by atoms with Crippen LogP contribution in [-0.2, 0) is 4.79 Å². The molecule has 0 aliphatic carbocycles. The Kier molecular flexibility index (Phi) is 5.09. The molecule has 1 rings (SSSR count). The number of amides is 1. The van der Waals surface area contributed by atoms with Crippen LogP contribution in [0.3, 0.4) is 0 Å². The fraction of sp³-hybridized carbons (Fsp3) is 0.917. The average molecular weight is 212 g/mol. The van der Waals surface area contributed by atoms with Crippen LogP contribution in [0.2, 0.25) is 0 Å². The predicted molar refractivity (Wildman–Crippen MR) is 62.5 cm³/mol. The molecule has 15 heavy (non-hydrogen) atoms. The van der Waals surface area contributed by atoms with Crippen LogP contribution in [0, 0.1) is 5.92 Å². The number of piperidine rings is 1. The first-order chi connectivity index (χ1) is 7.20. The second kappa shape index (κ2) is 6.11. The van der Waals surface area contributed by atoms with Crippen LogP contribution in [0.1, 0.15) is 46.0 Å². The molecule has 1 heterocycles. The smallest absolute Gasteiger partial charge is 0.225 e. The SMILES string of the molecule is CCC(C)C(=O)N1CCCCC1CCN. The van der Waals surface area contributed by atoms with E-state index in [9.17, 15) is 4.79 Å². The minimum atomic E-state index is 0.170. The first kappa shape index (κ1) is 12.5. The van der Waals surface area contributed by atoms with Gasteiger partial charge >= 0.3 is 0 Å². The molecule has 3 heteroatoms. The third kappa shape index (κ3) is 3.20. The molecule has 0 aromatic carbocycles. The van der Waals surface area contributed by atoms with Crippen molar-refractivity contribution in [3.63, 3.8) is 0 Å². The van der Waals surface area contributed by atoms with Gasteiger partial charge in [-0.3, -0.25) is 4.79 Å². The Morgan fingerprint density at radius 1 is 1.53 bits per heavy atom. The van der Waals surface area contributed by atoms with E-state index >= 15 is 0 Å². The average Bonchev–Trinajstić information content (AvgIpc) is 2.28. The van der Waals surface area contributed by atoms with E-state index in [1.54, 1.807) is 0 Å². The van der Waals surface area contributed by atoms with Crippen molar-refractivity contribution in [1.29, 1.82) is 0 Å². The summed E-state index contributed by atoms with van der Waals surface area (Å²) in [6, 6.07) is 0.408. The second-order valence-corrected chi connectivity index (χ2v) is 4.57. The van der Waals surface area contributed by atoms with Crippen LogP contribution in [0.5, 0.6) is 0 Å². The van der Waals surface area contributed by atoms with Gasteiger partial charge in [-0.25, -0.2) is 0 Å². The molecule has 0 radical (unpaired) electrons. The number of hydrogen-bond donors (Lipinski definition) is 1. The summed E-state index contributed by atoms with van der Waals surface area (Å²) >= 11 is 0. The monoisotopic (exact) mass is 212 g/mol. The minimum Gasteiger partial charge on any atom is -0.339 e. The summed E-state index contributed by atoms with van der Waals surface area (Å²) in [5.41, 5.74) is 5.59. The lowest BCUT2D eigenvalue weighted by atomic mass is 9.96. The van der Waals surface area contributed by atoms with E-state index in [1.165, 1.54) is 6.42 Å². The number of nitrogens with two attached hydrogens (primary N) is 1. The normalized spacial score (nSPS) is 23.9. The van der Waals surface area contributed by atoms with Gasteiger partial charge < -0.3 is 10.6 Å². The molecule has 0 aromatic heterocycles. The molecule has 1 amide bonds. The number of likely N-dealkylation sites (tertiary alicyclic amines) is 1. The summed E-state index contributed by atoms with van der Waals surface area (Å²) < 4.78 is 0. The maximum absolute atomic E-state index is 12.1. The van der Waals surface area contributed by atoms with Crippen LogP contribution in [0.15, 0.2) is 0 Å². The largest absolute Gasteiger partial charge is 0.339 e. The number of nitrogens with zero attached hydrogens (tertiary/aromatic N) is 1. The third-order valence-electron chi connectivity index (χ3n) is 3.44. The van der Waals surface area contributed by atoms with Gasteiger partial charge in [0, 0.05) is 18.5 Å². The Balaban J connectivity index is 2.58. The van der Waals surface area contributed by atoms with Crippen molar-refractivity contribution in [2.75, 3.05) is 13.1 Å². The van der Waals surface area contributed by atoms with Crippen molar-refractivity contribution >= 4 is 5.91 Å². The van der Waals surface area contributed by atoms with Crippen LogP contribution in [0.4, 0.5) is 0 Å². The van der Waals surface area contributed by atoms with E-state index in [4.69, 9.17) is 5.73 Å². The zero-order chi connectivity index (χ0) is 11.3. The Hall–Kier alpha value is -0.570. The molecule has 0 bridgehead atoms. The van der Waals surface area contributed by atoms with E-state index in [0.29, 0.717) is 18.5 Å². The summed E-state index contributed by atoms with van der Waals surface area (Å²) in [7, 11) is 0. The zero-order valence-corrected chi connectivity index (χ0v) is 10.0.